The van der Waals surface area contributed by atoms with Gasteiger partial charge in [0, 0.05) is 5.56 Å². The number of hydrogen-bond donors (Lipinski definition) is 0. The maximum Gasteiger partial charge on any atom is 0.438 e. The standard InChI is InChI=1S/C15H14Cl2N2O4/c1-21-15(20)19(22-2)12-6-4-3-5-10(12)9-23-14-11(16)7-8-13(17)18-14/h3-8H,9H2,1-2H3. The minimum Gasteiger partial charge on any atom is -0.472 e. The normalized spacial score (nSPS) is 10.3. The molecule has 1 aromatic heterocycles. The van der Waals surface area contributed by atoms with E-state index in [4.69, 9.17) is 32.8 Å². The van der Waals surface area contributed by atoms with Crippen LogP contribution in [0.5, 0.6) is 5.88 Å². The van der Waals surface area contributed by atoms with Crippen LogP contribution in [0.1, 0.15) is 5.56 Å². The van der Waals surface area contributed by atoms with Crippen LogP contribution in [0, 0.1) is 0 Å². The van der Waals surface area contributed by atoms with Crippen LogP contribution in [0.2, 0.25) is 10.2 Å². The Morgan fingerprint density at radius 3 is 2.61 bits per heavy atom. The zero-order chi connectivity index (χ0) is 16.8. The molecule has 0 aliphatic rings. The number of pyridine rings is 1. The maximum atomic E-state index is 11.8. The number of para-hydroxylation sites is 1. The molecule has 0 saturated carbocycles. The van der Waals surface area contributed by atoms with Crippen LogP contribution in [0.15, 0.2) is 36.4 Å². The molecule has 0 radical (unpaired) electrons. The van der Waals surface area contributed by atoms with Gasteiger partial charge in [-0.25, -0.2) is 9.78 Å². The second-order valence-electron chi connectivity index (χ2n) is 4.29. The number of rotatable bonds is 5. The highest BCUT2D eigenvalue weighted by Crippen LogP contribution is 2.27. The van der Waals surface area contributed by atoms with Crippen molar-refractivity contribution >= 4 is 35.0 Å². The Morgan fingerprint density at radius 2 is 1.91 bits per heavy atom. The van der Waals surface area contributed by atoms with Crippen molar-refractivity contribution in [3.8, 4) is 5.88 Å². The van der Waals surface area contributed by atoms with E-state index in [-0.39, 0.29) is 17.6 Å². The second-order valence-corrected chi connectivity index (χ2v) is 5.08. The Morgan fingerprint density at radius 1 is 1.17 bits per heavy atom. The summed E-state index contributed by atoms with van der Waals surface area (Å²) < 4.78 is 10.3. The van der Waals surface area contributed by atoms with Gasteiger partial charge in [0.25, 0.3) is 0 Å². The number of carbonyl (C=O) groups excluding carboxylic acids is 1. The number of hydrogen-bond acceptors (Lipinski definition) is 5. The van der Waals surface area contributed by atoms with Crippen molar-refractivity contribution in [2.45, 2.75) is 6.61 Å². The lowest BCUT2D eigenvalue weighted by Crippen LogP contribution is -2.30. The Bertz CT molecular complexity index is 697. The number of benzene rings is 1. The Hall–Kier alpha value is -2.02. The van der Waals surface area contributed by atoms with E-state index in [9.17, 15) is 4.79 Å². The lowest BCUT2D eigenvalue weighted by molar-refractivity contribution is 0.115. The number of aromatic nitrogens is 1. The fourth-order valence-corrected chi connectivity index (χ4v) is 2.13. The van der Waals surface area contributed by atoms with Crippen molar-refractivity contribution in [1.29, 1.82) is 0 Å². The molecule has 0 unspecified atom stereocenters. The average molecular weight is 357 g/mol. The van der Waals surface area contributed by atoms with Gasteiger partial charge in [-0.15, -0.1) is 0 Å². The third-order valence-electron chi connectivity index (χ3n) is 2.88. The third kappa shape index (κ3) is 4.25. The van der Waals surface area contributed by atoms with E-state index in [1.807, 2.05) is 0 Å². The summed E-state index contributed by atoms with van der Waals surface area (Å²) >= 11 is 11.8. The van der Waals surface area contributed by atoms with E-state index in [0.29, 0.717) is 16.3 Å². The van der Waals surface area contributed by atoms with Crippen LogP contribution in [-0.2, 0) is 16.2 Å². The average Bonchev–Trinajstić information content (AvgIpc) is 2.57. The van der Waals surface area contributed by atoms with Gasteiger partial charge in [-0.3, -0.25) is 4.84 Å². The van der Waals surface area contributed by atoms with E-state index >= 15 is 0 Å². The molecule has 8 heteroatoms. The molecule has 2 aromatic rings. The number of amides is 1. The molecule has 0 N–H and O–H groups in total. The van der Waals surface area contributed by atoms with Crippen LogP contribution in [0.4, 0.5) is 10.5 Å². The van der Waals surface area contributed by atoms with Gasteiger partial charge < -0.3 is 9.47 Å². The SMILES string of the molecule is COC(=O)N(OC)c1ccccc1COc1nc(Cl)ccc1Cl. The molecule has 0 aliphatic carbocycles. The third-order valence-corrected chi connectivity index (χ3v) is 3.38. The van der Waals surface area contributed by atoms with Gasteiger partial charge in [0.1, 0.15) is 16.8 Å². The van der Waals surface area contributed by atoms with Crippen LogP contribution >= 0.6 is 23.2 Å². The molecule has 0 atom stereocenters. The number of methoxy groups -OCH3 is 1. The summed E-state index contributed by atoms with van der Waals surface area (Å²) in [5.74, 6) is 0.205. The summed E-state index contributed by atoms with van der Waals surface area (Å²) in [5.41, 5.74) is 1.16. The summed E-state index contributed by atoms with van der Waals surface area (Å²) in [6.45, 7) is 0.111. The molecule has 1 heterocycles. The Balaban J connectivity index is 2.23. The number of ether oxygens (including phenoxy) is 2. The first-order chi connectivity index (χ1) is 11.1. The predicted octanol–water partition coefficient (Wildman–Crippen LogP) is 4.10. The molecule has 0 saturated heterocycles. The van der Waals surface area contributed by atoms with Gasteiger partial charge in [-0.2, -0.15) is 5.06 Å². The summed E-state index contributed by atoms with van der Waals surface area (Å²) in [4.78, 5) is 20.8. The van der Waals surface area contributed by atoms with Crippen molar-refractivity contribution in [2.75, 3.05) is 19.3 Å². The van der Waals surface area contributed by atoms with Gasteiger partial charge >= 0.3 is 6.09 Å². The molecular weight excluding hydrogens is 343 g/mol. The van der Waals surface area contributed by atoms with E-state index in [2.05, 4.69) is 9.72 Å². The number of nitrogens with zero attached hydrogens (tertiary/aromatic N) is 2. The summed E-state index contributed by atoms with van der Waals surface area (Å²) in [6, 6.07) is 10.2. The molecule has 23 heavy (non-hydrogen) atoms. The fourth-order valence-electron chi connectivity index (χ4n) is 1.83. The summed E-state index contributed by atoms with van der Waals surface area (Å²) in [5, 5.41) is 1.63. The van der Waals surface area contributed by atoms with Crippen LogP contribution in [0.3, 0.4) is 0 Å². The molecule has 1 amide bonds. The summed E-state index contributed by atoms with van der Waals surface area (Å²) in [7, 11) is 2.63. The van der Waals surface area contributed by atoms with E-state index in [0.717, 1.165) is 5.06 Å². The highest BCUT2D eigenvalue weighted by Gasteiger charge is 2.19. The largest absolute Gasteiger partial charge is 0.472 e. The van der Waals surface area contributed by atoms with Crippen molar-refractivity contribution in [3.63, 3.8) is 0 Å². The predicted molar refractivity (Wildman–Crippen MR) is 86.9 cm³/mol. The Labute approximate surface area is 143 Å². The molecule has 0 aliphatic heterocycles. The van der Waals surface area contributed by atoms with Gasteiger partial charge in [0.05, 0.1) is 19.9 Å². The first-order valence-corrected chi connectivity index (χ1v) is 7.27. The Kier molecular flexibility index (Phi) is 6.04. The molecule has 6 nitrogen and oxygen atoms in total. The van der Waals surface area contributed by atoms with E-state index < -0.39 is 6.09 Å². The first kappa shape index (κ1) is 17.3. The van der Waals surface area contributed by atoms with Crippen LogP contribution in [-0.4, -0.2) is 25.3 Å². The van der Waals surface area contributed by atoms with Gasteiger partial charge in [-0.1, -0.05) is 41.4 Å². The minimum absolute atomic E-state index is 0.111. The van der Waals surface area contributed by atoms with Crippen LogP contribution in [0.25, 0.3) is 0 Å². The molecule has 0 bridgehead atoms. The highest BCUT2D eigenvalue weighted by molar-refractivity contribution is 6.33. The van der Waals surface area contributed by atoms with Gasteiger partial charge in [0.2, 0.25) is 5.88 Å². The van der Waals surface area contributed by atoms with Crippen LogP contribution < -0.4 is 9.80 Å². The van der Waals surface area contributed by atoms with E-state index in [1.54, 1.807) is 36.4 Å². The van der Waals surface area contributed by atoms with Crippen molar-refractivity contribution < 1.29 is 19.1 Å². The number of halogens is 2. The molecular formula is C15H14Cl2N2O4. The quantitative estimate of drug-likeness (QED) is 0.596. The van der Waals surface area contributed by atoms with Gasteiger partial charge in [0.15, 0.2) is 0 Å². The molecule has 1 aromatic carbocycles. The first-order valence-electron chi connectivity index (χ1n) is 6.51. The zero-order valence-corrected chi connectivity index (χ0v) is 14.0. The smallest absolute Gasteiger partial charge is 0.438 e. The fraction of sp³-hybridized carbons (Fsp3) is 0.200. The zero-order valence-electron chi connectivity index (χ0n) is 12.5. The van der Waals surface area contributed by atoms with E-state index in [1.165, 1.54) is 14.2 Å². The van der Waals surface area contributed by atoms with Gasteiger partial charge in [-0.05, 0) is 18.2 Å². The van der Waals surface area contributed by atoms with Crippen molar-refractivity contribution in [3.05, 3.63) is 52.1 Å². The number of anilines is 1. The lowest BCUT2D eigenvalue weighted by Gasteiger charge is -2.21. The summed E-state index contributed by atoms with van der Waals surface area (Å²) in [6.07, 6.45) is -0.654. The number of hydroxylamine groups is 1. The molecule has 2 rings (SSSR count). The number of carbonyl (C=O) groups is 1. The monoisotopic (exact) mass is 356 g/mol. The highest BCUT2D eigenvalue weighted by atomic mass is 35.5. The maximum absolute atomic E-state index is 11.8. The molecule has 122 valence electrons. The minimum atomic E-state index is -0.654. The topological polar surface area (TPSA) is 60.9 Å². The molecule has 0 spiro atoms. The molecule has 0 fully saturated rings. The van der Waals surface area contributed by atoms with Crippen molar-refractivity contribution in [2.24, 2.45) is 0 Å². The van der Waals surface area contributed by atoms with Crippen molar-refractivity contribution in [1.82, 2.24) is 4.98 Å². The lowest BCUT2D eigenvalue weighted by atomic mass is 10.2. The second kappa shape index (κ2) is 8.01.